The molecule has 0 aliphatic carbocycles. The van der Waals surface area contributed by atoms with Gasteiger partial charge in [-0.3, -0.25) is 4.57 Å². The minimum atomic E-state index is -1.02. The number of halogens is 1. The Labute approximate surface area is 209 Å². The summed E-state index contributed by atoms with van der Waals surface area (Å²) < 4.78 is 8.93. The van der Waals surface area contributed by atoms with Crippen LogP contribution in [0, 0.1) is 0 Å². The van der Waals surface area contributed by atoms with Crippen molar-refractivity contribution in [2.75, 3.05) is 5.84 Å². The second-order valence-corrected chi connectivity index (χ2v) is 8.17. The van der Waals surface area contributed by atoms with Gasteiger partial charge in [-0.2, -0.15) is 4.68 Å². The number of hydrogen-bond acceptors (Lipinski definition) is 6. The largest absolute Gasteiger partial charge is 0.478 e. The van der Waals surface area contributed by atoms with Crippen molar-refractivity contribution in [3.8, 4) is 11.5 Å². The average Bonchev–Trinajstić information content (AvgIpc) is 2.87. The van der Waals surface area contributed by atoms with E-state index in [1.54, 1.807) is 67.6 Å². The number of benzene rings is 3. The van der Waals surface area contributed by atoms with Gasteiger partial charge in [-0.05, 0) is 73.2 Å². The molecule has 36 heavy (non-hydrogen) atoms. The Balaban J connectivity index is 1.71. The molecular formula is C25H22ClN5O5. The van der Waals surface area contributed by atoms with Gasteiger partial charge in [0.05, 0.1) is 17.8 Å². The highest BCUT2D eigenvalue weighted by Gasteiger charge is 2.13. The Morgan fingerprint density at radius 3 is 2.06 bits per heavy atom. The summed E-state index contributed by atoms with van der Waals surface area (Å²) in [6.45, 7) is 1.95. The van der Waals surface area contributed by atoms with Crippen molar-refractivity contribution < 1.29 is 14.6 Å². The zero-order valence-corrected chi connectivity index (χ0v) is 19.9. The van der Waals surface area contributed by atoms with Crippen molar-refractivity contribution in [1.29, 1.82) is 0 Å². The molecule has 0 bridgehead atoms. The molecule has 184 valence electrons. The number of nitrogen functional groups attached to an aromatic ring is 1. The summed E-state index contributed by atoms with van der Waals surface area (Å²) in [4.78, 5) is 41.2. The van der Waals surface area contributed by atoms with E-state index in [4.69, 9.17) is 27.3 Å². The maximum atomic E-state index is 13.1. The van der Waals surface area contributed by atoms with Crippen molar-refractivity contribution >= 4 is 23.3 Å². The number of rotatable bonds is 7. The number of carbonyl (C=O) groups is 1. The third-order valence-electron chi connectivity index (χ3n) is 5.33. The molecular weight excluding hydrogens is 486 g/mol. The van der Waals surface area contributed by atoms with E-state index < -0.39 is 17.3 Å². The van der Waals surface area contributed by atoms with Crippen LogP contribution in [0.15, 0.2) is 87.4 Å². The zero-order valence-electron chi connectivity index (χ0n) is 19.2. The molecule has 4 rings (SSSR count). The molecule has 0 aliphatic heterocycles. The highest BCUT2D eigenvalue weighted by Crippen LogP contribution is 2.24. The number of ether oxygens (including phenoxy) is 1. The van der Waals surface area contributed by atoms with E-state index in [0.29, 0.717) is 22.2 Å². The van der Waals surface area contributed by atoms with Gasteiger partial charge in [-0.25, -0.2) is 23.9 Å². The van der Waals surface area contributed by atoms with Crippen molar-refractivity contribution in [2.45, 2.75) is 20.0 Å². The molecule has 0 unspecified atom stereocenters. The summed E-state index contributed by atoms with van der Waals surface area (Å²) in [5, 5.41) is 9.56. The first-order valence-corrected chi connectivity index (χ1v) is 11.3. The van der Waals surface area contributed by atoms with Crippen molar-refractivity contribution in [3.63, 3.8) is 0 Å². The molecule has 1 heterocycles. The van der Waals surface area contributed by atoms with Gasteiger partial charge >= 0.3 is 17.3 Å². The maximum absolute atomic E-state index is 13.1. The van der Waals surface area contributed by atoms with Gasteiger partial charge in [0.15, 0.2) is 0 Å². The molecule has 11 heteroatoms. The average molecular weight is 508 g/mol. The number of carboxylic acids is 1. The fraction of sp³-hybridized carbons (Fsp3) is 0.120. The van der Waals surface area contributed by atoms with E-state index in [0.717, 1.165) is 14.8 Å². The van der Waals surface area contributed by atoms with Crippen LogP contribution in [-0.2, 0) is 13.1 Å². The number of aromatic carboxylic acids is 1. The molecule has 3 aromatic carbocycles. The van der Waals surface area contributed by atoms with Gasteiger partial charge in [-0.15, -0.1) is 0 Å². The van der Waals surface area contributed by atoms with Crippen LogP contribution in [0.25, 0.3) is 0 Å². The standard InChI is InChI=1S/C25H22ClN5O5/c1-2-29-24(34)30(15-16-3-7-18(26)8-4-16)23(31(27)25(29)35)28-19-9-13-21(14-10-19)36-20-11-5-17(6-12-20)22(32)33/h3-14H,2,15,27H2,1H3,(H,32,33). The van der Waals surface area contributed by atoms with E-state index in [1.165, 1.54) is 16.7 Å². The molecule has 0 aliphatic rings. The predicted molar refractivity (Wildman–Crippen MR) is 134 cm³/mol. The summed E-state index contributed by atoms with van der Waals surface area (Å²) in [6.07, 6.45) is 0. The van der Waals surface area contributed by atoms with Gasteiger partial charge in [0, 0.05) is 11.6 Å². The highest BCUT2D eigenvalue weighted by molar-refractivity contribution is 6.30. The van der Waals surface area contributed by atoms with Gasteiger partial charge in [0.2, 0.25) is 5.62 Å². The van der Waals surface area contributed by atoms with E-state index in [-0.39, 0.29) is 24.3 Å². The molecule has 0 saturated heterocycles. The van der Waals surface area contributed by atoms with Crippen LogP contribution in [0.3, 0.4) is 0 Å². The summed E-state index contributed by atoms with van der Waals surface area (Å²) in [5.74, 6) is 5.99. The first-order valence-electron chi connectivity index (χ1n) is 10.9. The van der Waals surface area contributed by atoms with Crippen LogP contribution in [0.5, 0.6) is 11.5 Å². The Bertz CT molecular complexity index is 1590. The lowest BCUT2D eigenvalue weighted by molar-refractivity contribution is 0.0697. The highest BCUT2D eigenvalue weighted by atomic mass is 35.5. The van der Waals surface area contributed by atoms with Gasteiger partial charge in [0.1, 0.15) is 11.5 Å². The number of carboxylic acid groups (broad SMARTS) is 1. The van der Waals surface area contributed by atoms with Gasteiger partial charge < -0.3 is 15.7 Å². The summed E-state index contributed by atoms with van der Waals surface area (Å²) in [6, 6.07) is 19.5. The third kappa shape index (κ3) is 5.23. The van der Waals surface area contributed by atoms with Crippen LogP contribution in [0.2, 0.25) is 5.02 Å². The zero-order chi connectivity index (χ0) is 25.8. The van der Waals surface area contributed by atoms with Gasteiger partial charge in [0.25, 0.3) is 0 Å². The van der Waals surface area contributed by atoms with Crippen LogP contribution in [-0.4, -0.2) is 24.9 Å². The lowest BCUT2D eigenvalue weighted by Gasteiger charge is -2.13. The Morgan fingerprint density at radius 1 is 0.917 bits per heavy atom. The molecule has 0 spiro atoms. The molecule has 0 saturated carbocycles. The molecule has 0 radical (unpaired) electrons. The quantitative estimate of drug-likeness (QED) is 0.369. The Morgan fingerprint density at radius 2 is 1.50 bits per heavy atom. The molecule has 0 atom stereocenters. The summed E-state index contributed by atoms with van der Waals surface area (Å²) in [7, 11) is 0. The Kier molecular flexibility index (Phi) is 7.07. The predicted octanol–water partition coefficient (Wildman–Crippen LogP) is 2.97. The second-order valence-electron chi connectivity index (χ2n) is 7.73. The second kappa shape index (κ2) is 10.4. The molecule has 3 N–H and O–H groups in total. The van der Waals surface area contributed by atoms with E-state index in [9.17, 15) is 14.4 Å². The molecule has 1 aromatic heterocycles. The normalized spacial score (nSPS) is 11.4. The fourth-order valence-corrected chi connectivity index (χ4v) is 3.59. The van der Waals surface area contributed by atoms with E-state index in [1.807, 2.05) is 0 Å². The topological polar surface area (TPSA) is 134 Å². The minimum absolute atomic E-state index is 0.0254. The number of aromatic nitrogens is 3. The van der Waals surface area contributed by atoms with Gasteiger partial charge in [-0.1, -0.05) is 23.7 Å². The third-order valence-corrected chi connectivity index (χ3v) is 5.58. The monoisotopic (exact) mass is 507 g/mol. The molecule has 0 fully saturated rings. The first kappa shape index (κ1) is 24.6. The molecule has 4 aromatic rings. The van der Waals surface area contributed by atoms with Crippen molar-refractivity contribution in [2.24, 2.45) is 4.99 Å². The Hall–Kier alpha value is -4.57. The van der Waals surface area contributed by atoms with Crippen molar-refractivity contribution in [1.82, 2.24) is 13.8 Å². The maximum Gasteiger partial charge on any atom is 0.353 e. The smallest absolute Gasteiger partial charge is 0.353 e. The fourth-order valence-electron chi connectivity index (χ4n) is 3.46. The van der Waals surface area contributed by atoms with E-state index >= 15 is 0 Å². The summed E-state index contributed by atoms with van der Waals surface area (Å²) >= 11 is 5.97. The van der Waals surface area contributed by atoms with Crippen molar-refractivity contribution in [3.05, 3.63) is 116 Å². The van der Waals surface area contributed by atoms with Crippen LogP contribution >= 0.6 is 11.6 Å². The summed E-state index contributed by atoms with van der Waals surface area (Å²) in [5.41, 5.74) is 0.113. The lowest BCUT2D eigenvalue weighted by Crippen LogP contribution is -2.57. The lowest BCUT2D eigenvalue weighted by atomic mass is 10.2. The number of nitrogens with two attached hydrogens (primary N) is 1. The SMILES string of the molecule is CCn1c(=O)n(N)c(=Nc2ccc(Oc3ccc(C(=O)O)cc3)cc2)n(Cc2ccc(Cl)cc2)c1=O. The van der Waals surface area contributed by atoms with Crippen LogP contribution in [0.4, 0.5) is 5.69 Å². The first-order chi connectivity index (χ1) is 17.3. The van der Waals surface area contributed by atoms with Crippen LogP contribution in [0.1, 0.15) is 22.8 Å². The molecule has 0 amide bonds. The molecule has 10 nitrogen and oxygen atoms in total. The number of hydrogen-bond donors (Lipinski definition) is 2. The van der Waals surface area contributed by atoms with E-state index in [2.05, 4.69) is 4.99 Å². The number of nitrogens with zero attached hydrogens (tertiary/aromatic N) is 4. The minimum Gasteiger partial charge on any atom is -0.478 e. The van der Waals surface area contributed by atoms with Crippen LogP contribution < -0.4 is 27.6 Å².